The number of carboxylic acids is 1. The van der Waals surface area contributed by atoms with Gasteiger partial charge >= 0.3 is 5.97 Å². The number of carbonyl (C=O) groups is 1. The van der Waals surface area contributed by atoms with Crippen LogP contribution in [0.1, 0.15) is 21.5 Å². The molecule has 126 valence electrons. The van der Waals surface area contributed by atoms with Gasteiger partial charge in [0.15, 0.2) is 0 Å². The summed E-state index contributed by atoms with van der Waals surface area (Å²) in [6, 6.07) is 16.4. The van der Waals surface area contributed by atoms with Crippen LogP contribution in [0.3, 0.4) is 0 Å². The molecule has 0 spiro atoms. The summed E-state index contributed by atoms with van der Waals surface area (Å²) < 4.78 is 1.90. The maximum atomic E-state index is 11.0. The van der Waals surface area contributed by atoms with Crippen LogP contribution in [0.5, 0.6) is 0 Å². The van der Waals surface area contributed by atoms with E-state index in [4.69, 9.17) is 9.94 Å². The van der Waals surface area contributed by atoms with Gasteiger partial charge < -0.3 is 14.5 Å². The molecule has 1 N–H and O–H groups in total. The number of carboxylic acid groups (broad SMARTS) is 1. The summed E-state index contributed by atoms with van der Waals surface area (Å²) in [7, 11) is 0. The van der Waals surface area contributed by atoms with Crippen molar-refractivity contribution in [3.05, 3.63) is 90.0 Å². The Hall–Kier alpha value is -3.41. The minimum absolute atomic E-state index is 0.196. The second kappa shape index (κ2) is 7.92. The Morgan fingerprint density at radius 3 is 2.64 bits per heavy atom. The minimum Gasteiger partial charge on any atom is -0.478 e. The fourth-order valence-corrected chi connectivity index (χ4v) is 2.34. The third kappa shape index (κ3) is 4.54. The summed E-state index contributed by atoms with van der Waals surface area (Å²) >= 11 is 0. The smallest absolute Gasteiger partial charge is 0.335 e. The molecule has 0 saturated carbocycles. The van der Waals surface area contributed by atoms with Gasteiger partial charge in [0.25, 0.3) is 0 Å². The first-order valence-corrected chi connectivity index (χ1v) is 7.74. The summed E-state index contributed by atoms with van der Waals surface area (Å²) in [6.45, 7) is 0.723. The van der Waals surface area contributed by atoms with Crippen LogP contribution < -0.4 is 0 Å². The van der Waals surface area contributed by atoms with E-state index in [2.05, 4.69) is 10.1 Å². The summed E-state index contributed by atoms with van der Waals surface area (Å²) in [5.41, 5.74) is 2.69. The van der Waals surface area contributed by atoms with Crippen molar-refractivity contribution < 1.29 is 14.7 Å². The maximum Gasteiger partial charge on any atom is 0.335 e. The van der Waals surface area contributed by atoms with Crippen molar-refractivity contribution in [1.29, 1.82) is 0 Å². The molecule has 0 radical (unpaired) electrons. The summed E-state index contributed by atoms with van der Waals surface area (Å²) in [5.74, 6) is -0.963. The van der Waals surface area contributed by atoms with Crippen LogP contribution in [0.25, 0.3) is 0 Å². The lowest BCUT2D eigenvalue weighted by atomic mass is 10.1. The molecule has 0 aliphatic heterocycles. The number of aromatic nitrogens is 2. The van der Waals surface area contributed by atoms with Crippen LogP contribution in [0, 0.1) is 0 Å². The second-order valence-electron chi connectivity index (χ2n) is 5.42. The Balaban J connectivity index is 1.74. The van der Waals surface area contributed by atoms with Crippen molar-refractivity contribution in [1.82, 2.24) is 9.55 Å². The standard InChI is InChI=1S/C19H17N3O3/c23-19(24)17-8-4-5-15(11-17)13-25-21-18(12-22-10-9-20-14-22)16-6-2-1-3-7-16/h1-11,14H,12-13H2,(H,23,24)/b21-18+. The van der Waals surface area contributed by atoms with Crippen molar-refractivity contribution in [2.45, 2.75) is 13.2 Å². The van der Waals surface area contributed by atoms with Crippen molar-refractivity contribution in [2.75, 3.05) is 0 Å². The van der Waals surface area contributed by atoms with Crippen LogP contribution >= 0.6 is 0 Å². The first-order chi connectivity index (χ1) is 12.2. The normalized spacial score (nSPS) is 11.3. The molecular formula is C19H17N3O3. The highest BCUT2D eigenvalue weighted by Crippen LogP contribution is 2.09. The van der Waals surface area contributed by atoms with Gasteiger partial charge in [0.1, 0.15) is 12.3 Å². The molecule has 0 amide bonds. The van der Waals surface area contributed by atoms with E-state index in [-0.39, 0.29) is 12.2 Å². The zero-order valence-corrected chi connectivity index (χ0v) is 13.4. The van der Waals surface area contributed by atoms with Gasteiger partial charge in [-0.3, -0.25) is 0 Å². The summed E-state index contributed by atoms with van der Waals surface area (Å²) in [4.78, 5) is 20.5. The molecule has 0 atom stereocenters. The first kappa shape index (κ1) is 16.4. The number of hydrogen-bond acceptors (Lipinski definition) is 4. The number of nitrogens with zero attached hydrogens (tertiary/aromatic N) is 3. The molecule has 2 aromatic carbocycles. The fourth-order valence-electron chi connectivity index (χ4n) is 2.34. The Morgan fingerprint density at radius 1 is 1.12 bits per heavy atom. The Morgan fingerprint density at radius 2 is 1.92 bits per heavy atom. The largest absolute Gasteiger partial charge is 0.478 e. The highest BCUT2D eigenvalue weighted by molar-refractivity contribution is 6.00. The summed E-state index contributed by atoms with van der Waals surface area (Å²) in [5, 5.41) is 13.3. The lowest BCUT2D eigenvalue weighted by Gasteiger charge is -2.08. The lowest BCUT2D eigenvalue weighted by molar-refractivity contribution is 0.0696. The number of imidazole rings is 1. The minimum atomic E-state index is -0.963. The van der Waals surface area contributed by atoms with Gasteiger partial charge in [0, 0.05) is 18.0 Å². The number of hydrogen-bond donors (Lipinski definition) is 1. The van der Waals surface area contributed by atoms with Crippen LogP contribution in [0.2, 0.25) is 0 Å². The van der Waals surface area contributed by atoms with Gasteiger partial charge in [-0.2, -0.15) is 0 Å². The van der Waals surface area contributed by atoms with E-state index in [0.29, 0.717) is 6.54 Å². The Labute approximate surface area is 145 Å². The van der Waals surface area contributed by atoms with Gasteiger partial charge in [-0.05, 0) is 17.7 Å². The Kier molecular flexibility index (Phi) is 5.21. The van der Waals surface area contributed by atoms with Crippen LogP contribution in [0.15, 0.2) is 78.5 Å². The highest BCUT2D eigenvalue weighted by Gasteiger charge is 2.07. The molecule has 0 saturated heterocycles. The lowest BCUT2D eigenvalue weighted by Crippen LogP contribution is -2.11. The third-order valence-electron chi connectivity index (χ3n) is 3.58. The van der Waals surface area contributed by atoms with E-state index in [0.717, 1.165) is 16.8 Å². The molecular weight excluding hydrogens is 318 g/mol. The van der Waals surface area contributed by atoms with Crippen molar-refractivity contribution in [2.24, 2.45) is 5.16 Å². The number of oxime groups is 1. The fraction of sp³-hybridized carbons (Fsp3) is 0.105. The van der Waals surface area contributed by atoms with Gasteiger partial charge in [-0.15, -0.1) is 0 Å². The van der Waals surface area contributed by atoms with E-state index in [1.165, 1.54) is 0 Å². The van der Waals surface area contributed by atoms with Crippen molar-refractivity contribution in [3.63, 3.8) is 0 Å². The van der Waals surface area contributed by atoms with E-state index in [1.54, 1.807) is 36.8 Å². The average Bonchev–Trinajstić information content (AvgIpc) is 3.15. The van der Waals surface area contributed by atoms with E-state index < -0.39 is 5.97 Å². The van der Waals surface area contributed by atoms with E-state index in [9.17, 15) is 4.79 Å². The van der Waals surface area contributed by atoms with Gasteiger partial charge in [-0.1, -0.05) is 47.6 Å². The van der Waals surface area contributed by atoms with Gasteiger partial charge in [0.05, 0.1) is 18.4 Å². The molecule has 0 aliphatic carbocycles. The predicted octanol–water partition coefficient (Wildman–Crippen LogP) is 3.20. The maximum absolute atomic E-state index is 11.0. The number of rotatable bonds is 7. The number of aromatic carboxylic acids is 1. The molecule has 0 aliphatic rings. The number of benzene rings is 2. The zero-order chi connectivity index (χ0) is 17.5. The molecule has 0 unspecified atom stereocenters. The summed E-state index contributed by atoms with van der Waals surface area (Å²) in [6.07, 6.45) is 5.28. The van der Waals surface area contributed by atoms with Crippen molar-refractivity contribution >= 4 is 11.7 Å². The predicted molar refractivity (Wildman–Crippen MR) is 93.4 cm³/mol. The zero-order valence-electron chi connectivity index (χ0n) is 13.4. The van der Waals surface area contributed by atoms with Crippen molar-refractivity contribution in [3.8, 4) is 0 Å². The van der Waals surface area contributed by atoms with Gasteiger partial charge in [0.2, 0.25) is 0 Å². The quantitative estimate of drug-likeness (QED) is 0.531. The third-order valence-corrected chi connectivity index (χ3v) is 3.58. The SMILES string of the molecule is O=C(O)c1cccc(CO/N=C(\Cn2ccnc2)c2ccccc2)c1. The molecule has 1 aromatic heterocycles. The van der Waals surface area contributed by atoms with Crippen LogP contribution in [-0.4, -0.2) is 26.3 Å². The molecule has 6 nitrogen and oxygen atoms in total. The first-order valence-electron chi connectivity index (χ1n) is 7.74. The second-order valence-corrected chi connectivity index (χ2v) is 5.42. The monoisotopic (exact) mass is 335 g/mol. The Bertz CT molecular complexity index is 859. The molecule has 3 aromatic rings. The molecule has 0 fully saturated rings. The van der Waals surface area contributed by atoms with Crippen LogP contribution in [0.4, 0.5) is 0 Å². The molecule has 1 heterocycles. The van der Waals surface area contributed by atoms with E-state index >= 15 is 0 Å². The van der Waals surface area contributed by atoms with Crippen LogP contribution in [-0.2, 0) is 18.0 Å². The average molecular weight is 335 g/mol. The highest BCUT2D eigenvalue weighted by atomic mass is 16.6. The molecule has 25 heavy (non-hydrogen) atoms. The van der Waals surface area contributed by atoms with E-state index in [1.807, 2.05) is 41.1 Å². The topological polar surface area (TPSA) is 76.7 Å². The molecule has 3 rings (SSSR count). The molecule has 0 bridgehead atoms. The molecule has 6 heteroatoms. The van der Waals surface area contributed by atoms with Gasteiger partial charge in [-0.25, -0.2) is 9.78 Å².